The smallest absolute Gasteiger partial charge is 0.250 e. The molecule has 21 heavy (non-hydrogen) atoms. The van der Waals surface area contributed by atoms with Crippen molar-refractivity contribution < 1.29 is 9.53 Å². The van der Waals surface area contributed by atoms with Crippen LogP contribution in [-0.2, 0) is 13.0 Å². The molecule has 0 radical (unpaired) electrons. The Morgan fingerprint density at radius 2 is 1.81 bits per heavy atom. The number of fused-ring (bicyclic) bond motifs is 1. The third-order valence-corrected chi connectivity index (χ3v) is 3.74. The monoisotopic (exact) mass is 283 g/mol. The average Bonchev–Trinajstić information content (AvgIpc) is 2.51. The highest BCUT2D eigenvalue weighted by molar-refractivity contribution is 5.97. The molecule has 4 nitrogen and oxygen atoms in total. The predicted octanol–water partition coefficient (Wildman–Crippen LogP) is 2.45. The van der Waals surface area contributed by atoms with Gasteiger partial charge in [0.25, 0.3) is 5.56 Å². The van der Waals surface area contributed by atoms with E-state index in [1.54, 1.807) is 10.6 Å². The number of ketones is 1. The number of benzene rings is 1. The molecule has 108 valence electrons. The first-order valence-corrected chi connectivity index (χ1v) is 7.19. The SMILES string of the molecule is O=C1CCCc2c1ccc(=O)n2CCOc1ccccc1. The predicted molar refractivity (Wildman–Crippen MR) is 79.9 cm³/mol. The number of Topliss-reactive ketones (excluding diaryl/α,β-unsaturated/α-hetero) is 1. The van der Waals surface area contributed by atoms with Crippen LogP contribution in [-0.4, -0.2) is 17.0 Å². The molecule has 1 aliphatic rings. The van der Waals surface area contributed by atoms with Gasteiger partial charge in [-0.25, -0.2) is 0 Å². The summed E-state index contributed by atoms with van der Waals surface area (Å²) in [6.07, 6.45) is 2.17. The second-order valence-electron chi connectivity index (χ2n) is 5.12. The van der Waals surface area contributed by atoms with Crippen molar-refractivity contribution in [1.82, 2.24) is 4.57 Å². The summed E-state index contributed by atoms with van der Waals surface area (Å²) < 4.78 is 7.31. The van der Waals surface area contributed by atoms with E-state index in [2.05, 4.69) is 0 Å². The van der Waals surface area contributed by atoms with E-state index in [9.17, 15) is 9.59 Å². The van der Waals surface area contributed by atoms with Gasteiger partial charge in [0.2, 0.25) is 0 Å². The van der Waals surface area contributed by atoms with E-state index >= 15 is 0 Å². The summed E-state index contributed by atoms with van der Waals surface area (Å²) in [5.41, 5.74) is 1.48. The summed E-state index contributed by atoms with van der Waals surface area (Å²) in [7, 11) is 0. The van der Waals surface area contributed by atoms with Crippen LogP contribution in [0.5, 0.6) is 5.75 Å². The fourth-order valence-corrected chi connectivity index (χ4v) is 2.71. The lowest BCUT2D eigenvalue weighted by Gasteiger charge is -2.20. The molecule has 1 aromatic heterocycles. The van der Waals surface area contributed by atoms with E-state index in [1.807, 2.05) is 30.3 Å². The van der Waals surface area contributed by atoms with Crippen LogP contribution in [0.2, 0.25) is 0 Å². The third-order valence-electron chi connectivity index (χ3n) is 3.74. The molecular formula is C17H17NO3. The molecule has 0 amide bonds. The average molecular weight is 283 g/mol. The zero-order valence-corrected chi connectivity index (χ0v) is 11.7. The van der Waals surface area contributed by atoms with Gasteiger partial charge in [0.1, 0.15) is 12.4 Å². The van der Waals surface area contributed by atoms with Crippen LogP contribution in [0.15, 0.2) is 47.3 Å². The van der Waals surface area contributed by atoms with Gasteiger partial charge in [0, 0.05) is 23.7 Å². The third kappa shape index (κ3) is 2.89. The Hall–Kier alpha value is -2.36. The van der Waals surface area contributed by atoms with Gasteiger partial charge in [-0.3, -0.25) is 9.59 Å². The number of aromatic nitrogens is 1. The van der Waals surface area contributed by atoms with Gasteiger partial charge in [0.15, 0.2) is 5.78 Å². The van der Waals surface area contributed by atoms with Crippen molar-refractivity contribution in [2.24, 2.45) is 0 Å². The lowest BCUT2D eigenvalue weighted by molar-refractivity contribution is 0.0970. The van der Waals surface area contributed by atoms with Crippen molar-refractivity contribution >= 4 is 5.78 Å². The molecule has 0 saturated carbocycles. The standard InChI is InChI=1S/C17H17NO3/c19-16-8-4-7-15-14(16)9-10-17(20)18(15)11-12-21-13-5-2-1-3-6-13/h1-3,5-6,9-10H,4,7-8,11-12H2. The molecule has 0 aliphatic heterocycles. The summed E-state index contributed by atoms with van der Waals surface area (Å²) in [6.45, 7) is 0.874. The van der Waals surface area contributed by atoms with E-state index < -0.39 is 0 Å². The Morgan fingerprint density at radius 1 is 1.00 bits per heavy atom. The fourth-order valence-electron chi connectivity index (χ4n) is 2.71. The lowest BCUT2D eigenvalue weighted by Crippen LogP contribution is -2.29. The summed E-state index contributed by atoms with van der Waals surface area (Å²) in [5, 5.41) is 0. The Morgan fingerprint density at radius 3 is 2.62 bits per heavy atom. The van der Waals surface area contributed by atoms with Crippen LogP contribution >= 0.6 is 0 Å². The van der Waals surface area contributed by atoms with Crippen LogP contribution in [0.3, 0.4) is 0 Å². The van der Waals surface area contributed by atoms with Gasteiger partial charge >= 0.3 is 0 Å². The zero-order chi connectivity index (χ0) is 14.7. The lowest BCUT2D eigenvalue weighted by atomic mass is 9.94. The van der Waals surface area contributed by atoms with Gasteiger partial charge in [-0.05, 0) is 31.0 Å². The van der Waals surface area contributed by atoms with E-state index in [4.69, 9.17) is 4.74 Å². The first-order valence-electron chi connectivity index (χ1n) is 7.19. The highest BCUT2D eigenvalue weighted by Crippen LogP contribution is 2.19. The molecule has 0 atom stereocenters. The number of nitrogens with zero attached hydrogens (tertiary/aromatic N) is 1. The number of hydrogen-bond donors (Lipinski definition) is 0. The van der Waals surface area contributed by atoms with E-state index in [0.717, 1.165) is 24.3 Å². The number of rotatable bonds is 4. The Bertz CT molecular complexity index is 704. The van der Waals surface area contributed by atoms with E-state index in [-0.39, 0.29) is 11.3 Å². The zero-order valence-electron chi connectivity index (χ0n) is 11.7. The van der Waals surface area contributed by atoms with E-state index in [1.165, 1.54) is 6.07 Å². The molecule has 0 bridgehead atoms. The number of para-hydroxylation sites is 1. The Labute approximate surface area is 123 Å². The Kier molecular flexibility index (Phi) is 3.86. The normalized spacial score (nSPS) is 13.8. The minimum absolute atomic E-state index is 0.0693. The fraction of sp³-hybridized carbons (Fsp3) is 0.294. The summed E-state index contributed by atoms with van der Waals surface area (Å²) in [4.78, 5) is 23.9. The topological polar surface area (TPSA) is 48.3 Å². The second-order valence-corrected chi connectivity index (χ2v) is 5.12. The maximum atomic E-state index is 12.0. The van der Waals surface area contributed by atoms with Crippen LogP contribution in [0.25, 0.3) is 0 Å². The maximum absolute atomic E-state index is 12.0. The Balaban J connectivity index is 1.78. The van der Waals surface area contributed by atoms with Crippen LogP contribution in [0.4, 0.5) is 0 Å². The molecule has 0 N–H and O–H groups in total. The first-order chi connectivity index (χ1) is 10.3. The highest BCUT2D eigenvalue weighted by atomic mass is 16.5. The van der Waals surface area contributed by atoms with Gasteiger partial charge in [-0.15, -0.1) is 0 Å². The molecule has 0 unspecified atom stereocenters. The first kappa shape index (κ1) is 13.6. The summed E-state index contributed by atoms with van der Waals surface area (Å²) in [6, 6.07) is 12.6. The number of carbonyl (C=O) groups excluding carboxylic acids is 1. The van der Waals surface area contributed by atoms with Gasteiger partial charge in [-0.1, -0.05) is 18.2 Å². The molecule has 0 saturated heterocycles. The van der Waals surface area contributed by atoms with Crippen LogP contribution in [0, 0.1) is 0 Å². The molecule has 1 heterocycles. The van der Waals surface area contributed by atoms with Gasteiger partial charge in [0.05, 0.1) is 6.54 Å². The van der Waals surface area contributed by atoms with Crippen molar-refractivity contribution in [2.75, 3.05) is 6.61 Å². The number of hydrogen-bond acceptors (Lipinski definition) is 3. The maximum Gasteiger partial charge on any atom is 0.250 e. The largest absolute Gasteiger partial charge is 0.492 e. The number of pyridine rings is 1. The van der Waals surface area contributed by atoms with E-state index in [0.29, 0.717) is 25.1 Å². The van der Waals surface area contributed by atoms with Crippen molar-refractivity contribution in [3.63, 3.8) is 0 Å². The second kappa shape index (κ2) is 5.95. The minimum atomic E-state index is -0.0693. The van der Waals surface area contributed by atoms with Crippen molar-refractivity contribution in [2.45, 2.75) is 25.8 Å². The summed E-state index contributed by atoms with van der Waals surface area (Å²) >= 11 is 0. The molecule has 1 aromatic carbocycles. The van der Waals surface area contributed by atoms with Crippen LogP contribution < -0.4 is 10.3 Å². The highest BCUT2D eigenvalue weighted by Gasteiger charge is 2.20. The number of ether oxygens (including phenoxy) is 1. The molecule has 3 rings (SSSR count). The quantitative estimate of drug-likeness (QED) is 0.866. The molecule has 0 fully saturated rings. The molecule has 4 heteroatoms. The van der Waals surface area contributed by atoms with Gasteiger partial charge in [-0.2, -0.15) is 0 Å². The van der Waals surface area contributed by atoms with Crippen molar-refractivity contribution in [3.05, 3.63) is 64.1 Å². The van der Waals surface area contributed by atoms with Crippen LogP contribution in [0.1, 0.15) is 28.9 Å². The number of carbonyl (C=O) groups is 1. The van der Waals surface area contributed by atoms with Crippen molar-refractivity contribution in [1.29, 1.82) is 0 Å². The molecule has 2 aromatic rings. The van der Waals surface area contributed by atoms with Gasteiger partial charge < -0.3 is 9.30 Å². The molecular weight excluding hydrogens is 266 g/mol. The van der Waals surface area contributed by atoms with Crippen molar-refractivity contribution in [3.8, 4) is 5.75 Å². The summed E-state index contributed by atoms with van der Waals surface area (Å²) in [5.74, 6) is 0.917. The molecule has 1 aliphatic carbocycles. The molecule has 0 spiro atoms. The minimum Gasteiger partial charge on any atom is -0.492 e.